The molecule has 1 amide bonds. The van der Waals surface area contributed by atoms with Gasteiger partial charge in [0.2, 0.25) is 0 Å². The Morgan fingerprint density at radius 1 is 1.08 bits per heavy atom. The zero-order chi connectivity index (χ0) is 17.5. The van der Waals surface area contributed by atoms with Crippen molar-refractivity contribution in [1.82, 2.24) is 0 Å². The summed E-state index contributed by atoms with van der Waals surface area (Å²) in [4.78, 5) is 12.6. The minimum Gasteiger partial charge on any atom is -0.492 e. The number of hydrogen-bond donors (Lipinski definition) is 1. The minimum atomic E-state index is -0.554. The summed E-state index contributed by atoms with van der Waals surface area (Å²) in [7, 11) is 0. The molecule has 0 heterocycles. The fourth-order valence-electron chi connectivity index (χ4n) is 2.34. The summed E-state index contributed by atoms with van der Waals surface area (Å²) in [5.74, 6) is 1.19. The van der Waals surface area contributed by atoms with Crippen LogP contribution in [0.15, 0.2) is 42.5 Å². The van der Waals surface area contributed by atoms with E-state index in [1.54, 1.807) is 0 Å². The average Bonchev–Trinajstić information content (AvgIpc) is 2.57. The van der Waals surface area contributed by atoms with Crippen molar-refractivity contribution < 1.29 is 14.3 Å². The van der Waals surface area contributed by atoms with Crippen molar-refractivity contribution in [3.05, 3.63) is 53.6 Å². The number of nitrogens with one attached hydrogen (secondary N) is 1. The van der Waals surface area contributed by atoms with Crippen molar-refractivity contribution in [3.63, 3.8) is 0 Å². The van der Waals surface area contributed by atoms with Crippen molar-refractivity contribution in [2.75, 3.05) is 11.9 Å². The predicted octanol–water partition coefficient (Wildman–Crippen LogP) is 4.50. The second-order valence-corrected chi connectivity index (χ2v) is 5.68. The zero-order valence-corrected chi connectivity index (χ0v) is 14.8. The van der Waals surface area contributed by atoms with Gasteiger partial charge in [0.15, 0.2) is 6.10 Å². The number of hydrogen-bond acceptors (Lipinski definition) is 3. The first-order valence-corrected chi connectivity index (χ1v) is 8.31. The van der Waals surface area contributed by atoms with Gasteiger partial charge in [-0.25, -0.2) is 0 Å². The van der Waals surface area contributed by atoms with Gasteiger partial charge in [-0.1, -0.05) is 25.1 Å². The molecule has 2 aromatic rings. The first kappa shape index (κ1) is 17.9. The van der Waals surface area contributed by atoms with Gasteiger partial charge in [0.05, 0.1) is 12.3 Å². The fourth-order valence-corrected chi connectivity index (χ4v) is 2.34. The van der Waals surface area contributed by atoms with Crippen LogP contribution in [0.2, 0.25) is 0 Å². The van der Waals surface area contributed by atoms with Crippen LogP contribution in [0.5, 0.6) is 11.5 Å². The van der Waals surface area contributed by atoms with E-state index >= 15 is 0 Å². The Morgan fingerprint density at radius 3 is 2.50 bits per heavy atom. The Morgan fingerprint density at radius 2 is 1.83 bits per heavy atom. The van der Waals surface area contributed by atoms with Gasteiger partial charge in [0.1, 0.15) is 11.5 Å². The number of aryl methyl sites for hydroxylation is 2. The smallest absolute Gasteiger partial charge is 0.265 e. The largest absolute Gasteiger partial charge is 0.492 e. The maximum absolute atomic E-state index is 12.6. The molecule has 1 atom stereocenters. The van der Waals surface area contributed by atoms with Crippen molar-refractivity contribution >= 4 is 11.6 Å². The lowest BCUT2D eigenvalue weighted by Gasteiger charge is -2.19. The molecule has 0 saturated heterocycles. The molecule has 0 radical (unpaired) electrons. The van der Waals surface area contributed by atoms with Gasteiger partial charge in [0, 0.05) is 0 Å². The minimum absolute atomic E-state index is 0.178. The van der Waals surface area contributed by atoms with Gasteiger partial charge in [0.25, 0.3) is 5.91 Å². The Hall–Kier alpha value is -2.49. The second-order valence-electron chi connectivity index (χ2n) is 5.68. The van der Waals surface area contributed by atoms with E-state index in [4.69, 9.17) is 9.47 Å². The van der Waals surface area contributed by atoms with Crippen LogP contribution < -0.4 is 14.8 Å². The lowest BCUT2D eigenvalue weighted by molar-refractivity contribution is -0.122. The average molecular weight is 327 g/mol. The van der Waals surface area contributed by atoms with Gasteiger partial charge in [-0.2, -0.15) is 0 Å². The molecule has 0 aromatic heterocycles. The first-order chi connectivity index (χ1) is 11.5. The summed E-state index contributed by atoms with van der Waals surface area (Å²) in [6.07, 6.45) is 0.0250. The molecule has 24 heavy (non-hydrogen) atoms. The summed E-state index contributed by atoms with van der Waals surface area (Å²) < 4.78 is 11.4. The van der Waals surface area contributed by atoms with Crippen LogP contribution in [0, 0.1) is 13.8 Å². The van der Waals surface area contributed by atoms with E-state index in [-0.39, 0.29) is 5.91 Å². The van der Waals surface area contributed by atoms with Crippen molar-refractivity contribution in [2.45, 2.75) is 40.2 Å². The van der Waals surface area contributed by atoms with E-state index in [1.807, 2.05) is 70.2 Å². The highest BCUT2D eigenvalue weighted by molar-refractivity contribution is 5.95. The third-order valence-electron chi connectivity index (χ3n) is 3.86. The molecule has 0 bridgehead atoms. The van der Waals surface area contributed by atoms with E-state index in [9.17, 15) is 4.79 Å². The zero-order valence-electron chi connectivity index (χ0n) is 14.8. The van der Waals surface area contributed by atoms with E-state index < -0.39 is 6.10 Å². The topological polar surface area (TPSA) is 47.6 Å². The molecule has 0 fully saturated rings. The SMILES string of the molecule is CCOc1ccccc1NC(=O)[C@@H](CC)Oc1ccc(C)c(C)c1. The van der Waals surface area contributed by atoms with Gasteiger partial charge in [-0.05, 0) is 62.6 Å². The number of rotatable bonds is 7. The van der Waals surface area contributed by atoms with E-state index in [2.05, 4.69) is 5.32 Å². The van der Waals surface area contributed by atoms with Crippen LogP contribution in [0.4, 0.5) is 5.69 Å². The lowest BCUT2D eigenvalue weighted by atomic mass is 10.1. The number of carbonyl (C=O) groups excluding carboxylic acids is 1. The third-order valence-corrected chi connectivity index (χ3v) is 3.86. The maximum Gasteiger partial charge on any atom is 0.265 e. The second kappa shape index (κ2) is 8.39. The molecule has 0 spiro atoms. The Kier molecular flexibility index (Phi) is 6.24. The number of ether oxygens (including phenoxy) is 2. The van der Waals surface area contributed by atoms with Crippen molar-refractivity contribution in [3.8, 4) is 11.5 Å². The molecule has 0 aliphatic rings. The number of amides is 1. The third kappa shape index (κ3) is 4.51. The molecule has 4 nitrogen and oxygen atoms in total. The molecule has 0 unspecified atom stereocenters. The molecule has 128 valence electrons. The fraction of sp³-hybridized carbons (Fsp3) is 0.350. The number of carbonyl (C=O) groups is 1. The molecule has 0 saturated carbocycles. The van der Waals surface area contributed by atoms with Crippen LogP contribution in [0.1, 0.15) is 31.4 Å². The molecule has 4 heteroatoms. The molecule has 2 rings (SSSR count). The highest BCUT2D eigenvalue weighted by atomic mass is 16.5. The summed E-state index contributed by atoms with van der Waals surface area (Å²) in [5, 5.41) is 2.90. The monoisotopic (exact) mass is 327 g/mol. The summed E-state index contributed by atoms with van der Waals surface area (Å²) in [6, 6.07) is 13.3. The van der Waals surface area contributed by atoms with Gasteiger partial charge < -0.3 is 14.8 Å². The summed E-state index contributed by atoms with van der Waals surface area (Å²) in [6.45, 7) is 8.47. The normalized spacial score (nSPS) is 11.7. The quantitative estimate of drug-likeness (QED) is 0.814. The van der Waals surface area contributed by atoms with Crippen LogP contribution in [-0.4, -0.2) is 18.6 Å². The number of para-hydroxylation sites is 2. The van der Waals surface area contributed by atoms with Gasteiger partial charge in [-0.3, -0.25) is 4.79 Å². The first-order valence-electron chi connectivity index (χ1n) is 8.31. The summed E-state index contributed by atoms with van der Waals surface area (Å²) >= 11 is 0. The van der Waals surface area contributed by atoms with E-state index in [0.717, 1.165) is 5.56 Å². The van der Waals surface area contributed by atoms with Crippen molar-refractivity contribution in [2.24, 2.45) is 0 Å². The molecule has 1 N–H and O–H groups in total. The molecule has 0 aliphatic heterocycles. The summed E-state index contributed by atoms with van der Waals surface area (Å²) in [5.41, 5.74) is 3.00. The van der Waals surface area contributed by atoms with E-state index in [0.29, 0.717) is 30.2 Å². The molecule has 2 aromatic carbocycles. The lowest BCUT2D eigenvalue weighted by Crippen LogP contribution is -2.32. The van der Waals surface area contributed by atoms with Crippen LogP contribution in [0.25, 0.3) is 0 Å². The van der Waals surface area contributed by atoms with Crippen LogP contribution in [0.3, 0.4) is 0 Å². The highest BCUT2D eigenvalue weighted by Crippen LogP contribution is 2.25. The van der Waals surface area contributed by atoms with Gasteiger partial charge in [-0.15, -0.1) is 0 Å². The van der Waals surface area contributed by atoms with Crippen LogP contribution in [-0.2, 0) is 4.79 Å². The maximum atomic E-state index is 12.6. The molecular weight excluding hydrogens is 302 g/mol. The van der Waals surface area contributed by atoms with Gasteiger partial charge >= 0.3 is 0 Å². The Labute approximate surface area is 143 Å². The molecular formula is C20H25NO3. The Balaban J connectivity index is 2.10. The number of benzene rings is 2. The molecule has 0 aliphatic carbocycles. The number of anilines is 1. The standard InChI is InChI=1S/C20H25NO3/c1-5-18(24-16-12-11-14(3)15(4)13-16)20(22)21-17-9-7-8-10-19(17)23-6-2/h7-13,18H,5-6H2,1-4H3,(H,21,22)/t18-/m1/s1. The predicted molar refractivity (Wildman–Crippen MR) is 96.9 cm³/mol. The highest BCUT2D eigenvalue weighted by Gasteiger charge is 2.20. The van der Waals surface area contributed by atoms with E-state index in [1.165, 1.54) is 5.56 Å². The van der Waals surface area contributed by atoms with Crippen molar-refractivity contribution in [1.29, 1.82) is 0 Å². The Bertz CT molecular complexity index is 697. The van der Waals surface area contributed by atoms with Crippen LogP contribution >= 0.6 is 0 Å².